The van der Waals surface area contributed by atoms with Crippen LogP contribution in [0.25, 0.3) is 0 Å². The second-order valence-corrected chi connectivity index (χ2v) is 23.9. The lowest BCUT2D eigenvalue weighted by Crippen LogP contribution is -2.45. The van der Waals surface area contributed by atoms with Gasteiger partial charge in [0.1, 0.15) is 0 Å². The van der Waals surface area contributed by atoms with Crippen LogP contribution in [0.2, 0.25) is 0 Å². The Morgan fingerprint density at radius 1 is 0.359 bits per heavy atom. The average Bonchev–Trinajstić information content (AvgIpc) is 3.44. The van der Waals surface area contributed by atoms with Crippen molar-refractivity contribution >= 4 is 11.9 Å². The average molecular weight is 1090 g/mol. The summed E-state index contributed by atoms with van der Waals surface area (Å²) in [6.07, 6.45) is 87.4. The number of amides is 1. The molecule has 2 unspecified atom stereocenters. The largest absolute Gasteiger partial charge is 0.466 e. The molecule has 0 heterocycles. The summed E-state index contributed by atoms with van der Waals surface area (Å²) < 4.78 is 5.49. The van der Waals surface area contributed by atoms with Gasteiger partial charge in [-0.2, -0.15) is 0 Å². The molecule has 0 spiro atoms. The van der Waals surface area contributed by atoms with E-state index in [1.807, 2.05) is 6.08 Å². The van der Waals surface area contributed by atoms with E-state index in [-0.39, 0.29) is 18.5 Å². The molecule has 3 N–H and O–H groups in total. The molecule has 0 aliphatic heterocycles. The third kappa shape index (κ3) is 63.0. The lowest BCUT2D eigenvalue weighted by atomic mass is 10.0. The van der Waals surface area contributed by atoms with Gasteiger partial charge < -0.3 is 20.3 Å². The van der Waals surface area contributed by atoms with Gasteiger partial charge in [-0.05, 0) is 89.9 Å². The van der Waals surface area contributed by atoms with Crippen molar-refractivity contribution in [2.24, 2.45) is 0 Å². The van der Waals surface area contributed by atoms with E-state index >= 15 is 0 Å². The number of nitrogens with one attached hydrogen (secondary N) is 1. The number of hydrogen-bond acceptors (Lipinski definition) is 5. The maximum absolute atomic E-state index is 12.5. The molecule has 458 valence electrons. The predicted molar refractivity (Wildman–Crippen MR) is 342 cm³/mol. The first-order valence-corrected chi connectivity index (χ1v) is 34.9. The van der Waals surface area contributed by atoms with E-state index in [4.69, 9.17) is 4.74 Å². The van der Waals surface area contributed by atoms with Crippen molar-refractivity contribution in [2.45, 2.75) is 386 Å². The number of carbonyl (C=O) groups excluding carboxylic acids is 2. The lowest BCUT2D eigenvalue weighted by molar-refractivity contribution is -0.143. The van der Waals surface area contributed by atoms with E-state index in [1.165, 1.54) is 283 Å². The third-order valence-corrected chi connectivity index (χ3v) is 16.1. The molecule has 0 bridgehead atoms. The standard InChI is InChI=1S/C72H135NO5/c1-3-5-7-9-11-13-15-17-19-21-23-24-25-26-27-28-30-32-36-40-44-48-52-56-60-64-70(75)69(68-74)73-71(76)65-61-57-53-49-45-41-37-33-31-35-39-43-47-51-55-59-63-67-78-72(77)66-62-58-54-50-46-42-38-34-29-22-20-18-16-14-12-10-8-6-4-2/h12,14,18,20,31,35,60,64,69-70,74-75H,3-11,13,15-17,19,21-30,32-34,36-59,61-63,65-68H2,1-2H3,(H,73,76)/b14-12-,20-18-,35-31-,64-60+. The Balaban J connectivity index is 3.47. The molecule has 0 radical (unpaired) electrons. The van der Waals surface area contributed by atoms with Crippen LogP contribution in [0.1, 0.15) is 373 Å². The molecule has 0 saturated carbocycles. The molecule has 0 aromatic carbocycles. The summed E-state index contributed by atoms with van der Waals surface area (Å²) in [5.74, 6) is -0.0829. The fourth-order valence-corrected chi connectivity index (χ4v) is 10.7. The first-order chi connectivity index (χ1) is 38.5. The quantitative estimate of drug-likeness (QED) is 0.0320. The highest BCUT2D eigenvalue weighted by Crippen LogP contribution is 2.18. The second kappa shape index (κ2) is 67.3. The monoisotopic (exact) mass is 1090 g/mol. The summed E-state index contributed by atoms with van der Waals surface area (Å²) in [5, 5.41) is 23.3. The van der Waals surface area contributed by atoms with Gasteiger partial charge in [-0.1, -0.05) is 319 Å². The molecular weight excluding hydrogens is 959 g/mol. The van der Waals surface area contributed by atoms with Gasteiger partial charge in [0.25, 0.3) is 0 Å². The van der Waals surface area contributed by atoms with Crippen LogP contribution < -0.4 is 5.32 Å². The van der Waals surface area contributed by atoms with Crippen molar-refractivity contribution < 1.29 is 24.5 Å². The highest BCUT2D eigenvalue weighted by atomic mass is 16.5. The van der Waals surface area contributed by atoms with Crippen LogP contribution in [0.3, 0.4) is 0 Å². The Labute approximate surface area is 486 Å². The summed E-state index contributed by atoms with van der Waals surface area (Å²) in [6, 6.07) is -0.640. The Hall–Kier alpha value is -2.18. The van der Waals surface area contributed by atoms with Crippen molar-refractivity contribution in [1.29, 1.82) is 0 Å². The molecule has 0 aliphatic carbocycles. The maximum Gasteiger partial charge on any atom is 0.305 e. The predicted octanol–water partition coefficient (Wildman–Crippen LogP) is 22.5. The van der Waals surface area contributed by atoms with E-state index in [2.05, 4.69) is 55.6 Å². The van der Waals surface area contributed by atoms with Crippen molar-refractivity contribution in [3.8, 4) is 0 Å². The van der Waals surface area contributed by atoms with Crippen molar-refractivity contribution in [3.05, 3.63) is 48.6 Å². The van der Waals surface area contributed by atoms with Gasteiger partial charge in [-0.25, -0.2) is 0 Å². The number of carbonyl (C=O) groups is 2. The Kier molecular flexibility index (Phi) is 65.4. The van der Waals surface area contributed by atoms with Gasteiger partial charge in [0.15, 0.2) is 0 Å². The van der Waals surface area contributed by atoms with E-state index in [0.717, 1.165) is 64.2 Å². The number of aliphatic hydroxyl groups excluding tert-OH is 2. The fourth-order valence-electron chi connectivity index (χ4n) is 10.7. The molecule has 0 aromatic rings. The van der Waals surface area contributed by atoms with E-state index in [9.17, 15) is 19.8 Å². The zero-order chi connectivity index (χ0) is 56.4. The van der Waals surface area contributed by atoms with Crippen molar-refractivity contribution in [1.82, 2.24) is 5.32 Å². The van der Waals surface area contributed by atoms with Crippen LogP contribution in [0.4, 0.5) is 0 Å². The maximum atomic E-state index is 12.5. The lowest BCUT2D eigenvalue weighted by Gasteiger charge is -2.20. The van der Waals surface area contributed by atoms with E-state index in [0.29, 0.717) is 19.4 Å². The number of hydrogen-bond donors (Lipinski definition) is 3. The summed E-state index contributed by atoms with van der Waals surface area (Å²) in [6.45, 7) is 4.88. The first-order valence-electron chi connectivity index (χ1n) is 34.9. The van der Waals surface area contributed by atoms with Crippen LogP contribution in [-0.2, 0) is 14.3 Å². The van der Waals surface area contributed by atoms with Gasteiger partial charge in [0, 0.05) is 12.8 Å². The molecule has 0 rings (SSSR count). The SMILES string of the molecule is CCCCC/C=C\C/C=C\CCCCCCCCCCCC(=O)OCCCCCCCC/C=C\CCCCCCCCCC(=O)NC(CO)C(O)/C=C/CCCCCCCCCCCCCCCCCCCCCCCCC. The van der Waals surface area contributed by atoms with Crippen molar-refractivity contribution in [2.75, 3.05) is 13.2 Å². The van der Waals surface area contributed by atoms with Gasteiger partial charge in [0.2, 0.25) is 5.91 Å². The Morgan fingerprint density at radius 2 is 0.641 bits per heavy atom. The van der Waals surface area contributed by atoms with Crippen LogP contribution in [-0.4, -0.2) is 47.4 Å². The number of allylic oxidation sites excluding steroid dienone is 7. The minimum atomic E-state index is -0.855. The molecule has 78 heavy (non-hydrogen) atoms. The minimum Gasteiger partial charge on any atom is -0.466 e. The number of unbranched alkanes of at least 4 members (excludes halogenated alkanes) is 48. The molecule has 2 atom stereocenters. The van der Waals surface area contributed by atoms with Gasteiger partial charge >= 0.3 is 5.97 Å². The summed E-state index contributed by atoms with van der Waals surface area (Å²) in [5.41, 5.74) is 0. The highest BCUT2D eigenvalue weighted by Gasteiger charge is 2.18. The van der Waals surface area contributed by atoms with Crippen LogP contribution in [0.5, 0.6) is 0 Å². The van der Waals surface area contributed by atoms with Gasteiger partial charge in [0.05, 0.1) is 25.4 Å². The topological polar surface area (TPSA) is 95.9 Å². The molecule has 0 saturated heterocycles. The molecule has 6 nitrogen and oxygen atoms in total. The fraction of sp³-hybridized carbons (Fsp3) is 0.861. The summed E-state index contributed by atoms with van der Waals surface area (Å²) in [4.78, 5) is 24.6. The summed E-state index contributed by atoms with van der Waals surface area (Å²) >= 11 is 0. The number of ether oxygens (including phenoxy) is 1. The molecular formula is C72H135NO5. The van der Waals surface area contributed by atoms with Crippen molar-refractivity contribution in [3.63, 3.8) is 0 Å². The molecule has 0 fully saturated rings. The number of rotatable bonds is 65. The van der Waals surface area contributed by atoms with Gasteiger partial charge in [-0.15, -0.1) is 0 Å². The number of aliphatic hydroxyl groups is 2. The third-order valence-electron chi connectivity index (χ3n) is 16.1. The first kappa shape index (κ1) is 75.8. The number of esters is 1. The van der Waals surface area contributed by atoms with Gasteiger partial charge in [-0.3, -0.25) is 9.59 Å². The zero-order valence-corrected chi connectivity index (χ0v) is 52.4. The van der Waals surface area contributed by atoms with Crippen LogP contribution >= 0.6 is 0 Å². The normalized spacial score (nSPS) is 12.8. The highest BCUT2D eigenvalue weighted by molar-refractivity contribution is 5.76. The Bertz CT molecular complexity index is 1310. The van der Waals surface area contributed by atoms with Crippen LogP contribution in [0, 0.1) is 0 Å². The smallest absolute Gasteiger partial charge is 0.305 e. The second-order valence-electron chi connectivity index (χ2n) is 23.9. The zero-order valence-electron chi connectivity index (χ0n) is 52.4. The molecule has 1 amide bonds. The Morgan fingerprint density at radius 3 is 1.01 bits per heavy atom. The molecule has 6 heteroatoms. The van der Waals surface area contributed by atoms with E-state index in [1.54, 1.807) is 6.08 Å². The molecule has 0 aliphatic rings. The van der Waals surface area contributed by atoms with Crippen LogP contribution in [0.15, 0.2) is 48.6 Å². The molecule has 0 aromatic heterocycles. The minimum absolute atomic E-state index is 0.00602. The van der Waals surface area contributed by atoms with E-state index < -0.39 is 12.1 Å². The summed E-state index contributed by atoms with van der Waals surface area (Å²) in [7, 11) is 0.